The van der Waals surface area contributed by atoms with Crippen molar-refractivity contribution >= 4 is 11.6 Å². The molecule has 0 radical (unpaired) electrons. The van der Waals surface area contributed by atoms with E-state index in [2.05, 4.69) is 5.32 Å². The highest BCUT2D eigenvalue weighted by atomic mass is 16.1. The number of carbonyl (C=O) groups excluding carboxylic acids is 1. The molecule has 0 fully saturated rings. The van der Waals surface area contributed by atoms with Gasteiger partial charge in [0.1, 0.15) is 0 Å². The highest BCUT2D eigenvalue weighted by Crippen LogP contribution is 2.19. The highest BCUT2D eigenvalue weighted by molar-refractivity contribution is 6.00. The van der Waals surface area contributed by atoms with Crippen molar-refractivity contribution in [3.8, 4) is 6.07 Å². The number of anilines is 1. The average molecular weight is 217 g/mol. The smallest absolute Gasteiger partial charge is 0.253 e. The number of nitriles is 1. The quantitative estimate of drug-likeness (QED) is 0.738. The van der Waals surface area contributed by atoms with Crippen LogP contribution in [0.4, 0.5) is 5.69 Å². The number of nitrogens with zero attached hydrogens (tertiary/aromatic N) is 1. The second-order valence-corrected chi connectivity index (χ2v) is 3.99. The van der Waals surface area contributed by atoms with Gasteiger partial charge >= 0.3 is 0 Å². The van der Waals surface area contributed by atoms with Crippen LogP contribution in [0.15, 0.2) is 12.1 Å². The Balaban J connectivity index is 3.18. The zero-order valence-electron chi connectivity index (χ0n) is 9.66. The Kier molecular flexibility index (Phi) is 3.51. The highest BCUT2D eigenvalue weighted by Gasteiger charge is 2.13. The molecule has 0 atom stereocenters. The molecule has 1 aromatic carbocycles. The lowest BCUT2D eigenvalue weighted by Crippen LogP contribution is -2.30. The van der Waals surface area contributed by atoms with E-state index in [4.69, 9.17) is 11.0 Å². The van der Waals surface area contributed by atoms with Crippen molar-refractivity contribution in [2.45, 2.75) is 26.8 Å². The fourth-order valence-electron chi connectivity index (χ4n) is 1.39. The summed E-state index contributed by atoms with van der Waals surface area (Å²) in [4.78, 5) is 11.8. The Morgan fingerprint density at radius 2 is 2.12 bits per heavy atom. The van der Waals surface area contributed by atoms with Crippen LogP contribution in [0.3, 0.4) is 0 Å². The van der Waals surface area contributed by atoms with E-state index in [0.717, 1.165) is 5.56 Å². The van der Waals surface area contributed by atoms with Crippen molar-refractivity contribution < 1.29 is 4.79 Å². The lowest BCUT2D eigenvalue weighted by Gasteiger charge is -2.12. The fraction of sp³-hybridized carbons (Fsp3) is 0.333. The minimum Gasteiger partial charge on any atom is -0.398 e. The van der Waals surface area contributed by atoms with Gasteiger partial charge in [0.15, 0.2) is 0 Å². The lowest BCUT2D eigenvalue weighted by molar-refractivity contribution is 0.0944. The molecule has 4 nitrogen and oxygen atoms in total. The SMILES string of the molecule is Cc1cc(C#N)cc(C(=O)NC(C)C)c1N. The van der Waals surface area contributed by atoms with Crippen LogP contribution in [0.2, 0.25) is 0 Å². The number of aryl methyl sites for hydroxylation is 1. The second kappa shape index (κ2) is 4.67. The zero-order chi connectivity index (χ0) is 12.3. The van der Waals surface area contributed by atoms with E-state index >= 15 is 0 Å². The van der Waals surface area contributed by atoms with E-state index in [1.807, 2.05) is 19.9 Å². The summed E-state index contributed by atoms with van der Waals surface area (Å²) in [6.07, 6.45) is 0. The van der Waals surface area contributed by atoms with Gasteiger partial charge in [0.2, 0.25) is 0 Å². The van der Waals surface area contributed by atoms with Crippen LogP contribution in [0.1, 0.15) is 35.3 Å². The van der Waals surface area contributed by atoms with E-state index in [9.17, 15) is 4.79 Å². The summed E-state index contributed by atoms with van der Waals surface area (Å²) in [5.41, 5.74) is 7.79. The molecule has 16 heavy (non-hydrogen) atoms. The summed E-state index contributed by atoms with van der Waals surface area (Å²) < 4.78 is 0. The zero-order valence-corrected chi connectivity index (χ0v) is 9.66. The maximum Gasteiger partial charge on any atom is 0.253 e. The molecule has 0 aliphatic carbocycles. The number of nitrogens with two attached hydrogens (primary N) is 1. The predicted molar refractivity (Wildman–Crippen MR) is 62.9 cm³/mol. The van der Waals surface area contributed by atoms with Crippen molar-refractivity contribution in [3.05, 3.63) is 28.8 Å². The molecule has 84 valence electrons. The van der Waals surface area contributed by atoms with Gasteiger partial charge in [0.05, 0.1) is 17.2 Å². The number of hydrogen-bond acceptors (Lipinski definition) is 3. The van der Waals surface area contributed by atoms with Gasteiger partial charge in [-0.05, 0) is 38.5 Å². The van der Waals surface area contributed by atoms with Crippen molar-refractivity contribution in [1.29, 1.82) is 5.26 Å². The third-order valence-electron chi connectivity index (χ3n) is 2.18. The number of benzene rings is 1. The molecule has 0 spiro atoms. The molecular formula is C12H15N3O. The van der Waals surface area contributed by atoms with Crippen LogP contribution < -0.4 is 11.1 Å². The van der Waals surface area contributed by atoms with Gasteiger partial charge in [0, 0.05) is 11.7 Å². The molecule has 0 aliphatic heterocycles. The van der Waals surface area contributed by atoms with E-state index in [1.54, 1.807) is 13.0 Å². The number of nitrogen functional groups attached to an aromatic ring is 1. The Morgan fingerprint density at radius 1 is 1.50 bits per heavy atom. The number of carbonyl (C=O) groups is 1. The first-order valence-corrected chi connectivity index (χ1v) is 5.06. The van der Waals surface area contributed by atoms with Crippen molar-refractivity contribution in [1.82, 2.24) is 5.32 Å². The minimum atomic E-state index is -0.243. The molecule has 0 saturated carbocycles. The summed E-state index contributed by atoms with van der Waals surface area (Å²) >= 11 is 0. The Labute approximate surface area is 95.1 Å². The van der Waals surface area contributed by atoms with Crippen LogP contribution in [-0.4, -0.2) is 11.9 Å². The maximum absolute atomic E-state index is 11.8. The molecule has 0 bridgehead atoms. The third-order valence-corrected chi connectivity index (χ3v) is 2.18. The van der Waals surface area contributed by atoms with Crippen molar-refractivity contribution in [2.75, 3.05) is 5.73 Å². The fourth-order valence-corrected chi connectivity index (χ4v) is 1.39. The largest absolute Gasteiger partial charge is 0.398 e. The van der Waals surface area contributed by atoms with Crippen LogP contribution >= 0.6 is 0 Å². The molecule has 1 amide bonds. The maximum atomic E-state index is 11.8. The summed E-state index contributed by atoms with van der Waals surface area (Å²) in [5, 5.41) is 11.6. The van der Waals surface area contributed by atoms with E-state index < -0.39 is 0 Å². The normalized spacial score (nSPS) is 9.94. The molecule has 1 aromatic rings. The van der Waals surface area contributed by atoms with Crippen LogP contribution in [0.5, 0.6) is 0 Å². The molecule has 0 saturated heterocycles. The molecule has 0 aromatic heterocycles. The van der Waals surface area contributed by atoms with E-state index in [0.29, 0.717) is 16.8 Å². The topological polar surface area (TPSA) is 78.9 Å². The average Bonchev–Trinajstić information content (AvgIpc) is 2.20. The molecule has 3 N–H and O–H groups in total. The molecule has 0 aliphatic rings. The number of nitrogens with one attached hydrogen (secondary N) is 1. The summed E-state index contributed by atoms with van der Waals surface area (Å²) in [7, 11) is 0. The van der Waals surface area contributed by atoms with E-state index in [1.165, 1.54) is 6.07 Å². The second-order valence-electron chi connectivity index (χ2n) is 3.99. The standard InChI is InChI=1S/C12H15N3O/c1-7(2)15-12(16)10-5-9(6-13)4-8(3)11(10)14/h4-5,7H,14H2,1-3H3,(H,15,16). The van der Waals surface area contributed by atoms with Crippen molar-refractivity contribution in [3.63, 3.8) is 0 Å². The first-order chi connectivity index (χ1) is 7.45. The van der Waals surface area contributed by atoms with Crippen molar-refractivity contribution in [2.24, 2.45) is 0 Å². The van der Waals surface area contributed by atoms with Gasteiger partial charge in [-0.3, -0.25) is 4.79 Å². The van der Waals surface area contributed by atoms with Gasteiger partial charge in [-0.1, -0.05) is 0 Å². The van der Waals surface area contributed by atoms with E-state index in [-0.39, 0.29) is 11.9 Å². The first kappa shape index (κ1) is 12.1. The summed E-state index contributed by atoms with van der Waals surface area (Å²) in [6.45, 7) is 5.52. The van der Waals surface area contributed by atoms with Gasteiger partial charge < -0.3 is 11.1 Å². The monoisotopic (exact) mass is 217 g/mol. The number of amides is 1. The molecule has 4 heteroatoms. The first-order valence-electron chi connectivity index (χ1n) is 5.06. The predicted octanol–water partition coefficient (Wildman–Crippen LogP) is 1.59. The number of hydrogen-bond donors (Lipinski definition) is 2. The van der Waals surface area contributed by atoms with Gasteiger partial charge in [0.25, 0.3) is 5.91 Å². The third kappa shape index (κ3) is 2.51. The van der Waals surface area contributed by atoms with Gasteiger partial charge in [-0.15, -0.1) is 0 Å². The van der Waals surface area contributed by atoms with Gasteiger partial charge in [-0.2, -0.15) is 5.26 Å². The summed E-state index contributed by atoms with van der Waals surface area (Å²) in [5.74, 6) is -0.243. The molecule has 1 rings (SSSR count). The Hall–Kier alpha value is -2.02. The Bertz CT molecular complexity index is 458. The lowest BCUT2D eigenvalue weighted by atomic mass is 10.0. The van der Waals surface area contributed by atoms with Crippen LogP contribution in [0, 0.1) is 18.3 Å². The molecule has 0 heterocycles. The number of rotatable bonds is 2. The minimum absolute atomic E-state index is 0.0398. The summed E-state index contributed by atoms with van der Waals surface area (Å²) in [6, 6.07) is 5.23. The van der Waals surface area contributed by atoms with Crippen LogP contribution in [0.25, 0.3) is 0 Å². The van der Waals surface area contributed by atoms with Gasteiger partial charge in [-0.25, -0.2) is 0 Å². The van der Waals surface area contributed by atoms with Crippen LogP contribution in [-0.2, 0) is 0 Å². The Morgan fingerprint density at radius 3 is 2.62 bits per heavy atom. The molecular weight excluding hydrogens is 202 g/mol. The molecule has 0 unspecified atom stereocenters.